The molecule has 0 aromatic heterocycles. The molecule has 3 heteroatoms. The molecule has 1 heterocycles. The first-order valence-corrected chi connectivity index (χ1v) is 7.16. The van der Waals surface area contributed by atoms with E-state index in [1.165, 1.54) is 37.9 Å². The van der Waals surface area contributed by atoms with Crippen LogP contribution in [0.4, 0.5) is 0 Å². The molecule has 2 atom stereocenters. The quantitative estimate of drug-likeness (QED) is 0.452. The van der Waals surface area contributed by atoms with Gasteiger partial charge >= 0.3 is 0 Å². The minimum absolute atomic E-state index is 0.638. The molecule has 0 aromatic rings. The highest BCUT2D eigenvalue weighted by Gasteiger charge is 2.35. The zero-order chi connectivity index (χ0) is 13.7. The van der Waals surface area contributed by atoms with Crippen LogP contribution in [0.25, 0.3) is 0 Å². The van der Waals surface area contributed by atoms with Gasteiger partial charge in [0.25, 0.3) is 0 Å². The van der Waals surface area contributed by atoms with E-state index in [0.29, 0.717) is 12.2 Å². The maximum Gasteiger partial charge on any atom is 0.0610 e. The third kappa shape index (κ3) is 4.06. The molecule has 1 aliphatic heterocycles. The Hall–Kier alpha value is -1.35. The number of rotatable bonds is 6. The first kappa shape index (κ1) is 14.1. The molecule has 2 rings (SSSR count). The molecule has 0 bridgehead atoms. The third-order valence-electron chi connectivity index (χ3n) is 4.11. The highest BCUT2D eigenvalue weighted by Crippen LogP contribution is 2.37. The minimum atomic E-state index is 0.638. The standard InChI is InChI=1S/C16H25N3/c1-3-5-16(17)9-18-8-13(2)10-19-11-14-6-4-7-15(14)12-19/h3,5,9,14-15H,1-2,4,6-8,10-12,17H2/b16-5+,18-9?. The fourth-order valence-corrected chi connectivity index (χ4v) is 3.29. The molecule has 1 aliphatic carbocycles. The molecule has 1 saturated heterocycles. The lowest BCUT2D eigenvalue weighted by Crippen LogP contribution is -2.24. The molecule has 1 saturated carbocycles. The van der Waals surface area contributed by atoms with Gasteiger partial charge in [-0.1, -0.05) is 25.7 Å². The number of hydrogen-bond donors (Lipinski definition) is 1. The van der Waals surface area contributed by atoms with Gasteiger partial charge in [-0.05, 0) is 36.3 Å². The second kappa shape index (κ2) is 6.71. The van der Waals surface area contributed by atoms with Crippen LogP contribution in [0.5, 0.6) is 0 Å². The lowest BCUT2D eigenvalue weighted by molar-refractivity contribution is 0.336. The summed E-state index contributed by atoms with van der Waals surface area (Å²) in [6, 6.07) is 0. The Labute approximate surface area is 116 Å². The molecule has 0 amide bonds. The van der Waals surface area contributed by atoms with Crippen LogP contribution >= 0.6 is 0 Å². The molecule has 2 unspecified atom stereocenters. The van der Waals surface area contributed by atoms with Gasteiger partial charge in [-0.25, -0.2) is 0 Å². The molecule has 3 nitrogen and oxygen atoms in total. The number of nitrogens with two attached hydrogens (primary N) is 1. The van der Waals surface area contributed by atoms with E-state index in [-0.39, 0.29) is 0 Å². The Kier molecular flexibility index (Phi) is 4.97. The summed E-state index contributed by atoms with van der Waals surface area (Å²) in [6.45, 7) is 11.9. The molecule has 0 aromatic carbocycles. The second-order valence-electron chi connectivity index (χ2n) is 5.77. The first-order chi connectivity index (χ1) is 9.19. The first-order valence-electron chi connectivity index (χ1n) is 7.16. The molecule has 104 valence electrons. The summed E-state index contributed by atoms with van der Waals surface area (Å²) >= 11 is 0. The number of likely N-dealkylation sites (tertiary alicyclic amines) is 1. The van der Waals surface area contributed by atoms with Gasteiger partial charge in [-0.15, -0.1) is 0 Å². The number of hydrogen-bond acceptors (Lipinski definition) is 3. The lowest BCUT2D eigenvalue weighted by Gasteiger charge is -2.17. The van der Waals surface area contributed by atoms with Crippen LogP contribution in [0.15, 0.2) is 41.6 Å². The zero-order valence-electron chi connectivity index (χ0n) is 11.7. The van der Waals surface area contributed by atoms with Crippen molar-refractivity contribution in [3.8, 4) is 0 Å². The number of fused-ring (bicyclic) bond motifs is 1. The van der Waals surface area contributed by atoms with E-state index in [0.717, 1.165) is 18.4 Å². The number of allylic oxidation sites excluding steroid dienone is 3. The highest BCUT2D eigenvalue weighted by atomic mass is 15.2. The molecule has 2 N–H and O–H groups in total. The van der Waals surface area contributed by atoms with E-state index >= 15 is 0 Å². The average Bonchev–Trinajstić information content (AvgIpc) is 2.89. The number of nitrogens with zero attached hydrogens (tertiary/aromatic N) is 2. The fourth-order valence-electron chi connectivity index (χ4n) is 3.29. The highest BCUT2D eigenvalue weighted by molar-refractivity contribution is 5.77. The average molecular weight is 259 g/mol. The van der Waals surface area contributed by atoms with Crippen LogP contribution in [-0.4, -0.2) is 37.3 Å². The van der Waals surface area contributed by atoms with Crippen molar-refractivity contribution >= 4 is 6.21 Å². The maximum absolute atomic E-state index is 5.70. The molecule has 2 fully saturated rings. The van der Waals surface area contributed by atoms with Crippen LogP contribution in [-0.2, 0) is 0 Å². The van der Waals surface area contributed by atoms with Crippen LogP contribution in [0.3, 0.4) is 0 Å². The van der Waals surface area contributed by atoms with Gasteiger partial charge in [-0.2, -0.15) is 0 Å². The summed E-state index contributed by atoms with van der Waals surface area (Å²) < 4.78 is 0. The van der Waals surface area contributed by atoms with Crippen molar-refractivity contribution in [1.29, 1.82) is 0 Å². The molecule has 0 radical (unpaired) electrons. The summed E-state index contributed by atoms with van der Waals surface area (Å²) in [5, 5.41) is 0. The van der Waals surface area contributed by atoms with Crippen LogP contribution < -0.4 is 5.73 Å². The van der Waals surface area contributed by atoms with E-state index in [9.17, 15) is 0 Å². The summed E-state index contributed by atoms with van der Waals surface area (Å²) in [5.41, 5.74) is 7.50. The lowest BCUT2D eigenvalue weighted by atomic mass is 10.0. The minimum Gasteiger partial charge on any atom is -0.397 e. The van der Waals surface area contributed by atoms with Gasteiger partial charge in [0.15, 0.2) is 0 Å². The van der Waals surface area contributed by atoms with Gasteiger partial charge in [0.1, 0.15) is 0 Å². The van der Waals surface area contributed by atoms with Gasteiger partial charge in [0.2, 0.25) is 0 Å². The van der Waals surface area contributed by atoms with Crippen LogP contribution in [0, 0.1) is 11.8 Å². The van der Waals surface area contributed by atoms with Gasteiger partial charge in [0.05, 0.1) is 6.54 Å². The van der Waals surface area contributed by atoms with Crippen LogP contribution in [0.2, 0.25) is 0 Å². The second-order valence-corrected chi connectivity index (χ2v) is 5.77. The third-order valence-corrected chi connectivity index (χ3v) is 4.11. The van der Waals surface area contributed by atoms with Gasteiger partial charge in [0, 0.05) is 31.5 Å². The van der Waals surface area contributed by atoms with E-state index in [2.05, 4.69) is 23.1 Å². The summed E-state index contributed by atoms with van der Waals surface area (Å²) in [4.78, 5) is 6.85. The smallest absolute Gasteiger partial charge is 0.0610 e. The monoisotopic (exact) mass is 259 g/mol. The molecule has 19 heavy (non-hydrogen) atoms. The summed E-state index contributed by atoms with van der Waals surface area (Å²) in [6.07, 6.45) is 9.38. The predicted octanol–water partition coefficient (Wildman–Crippen LogP) is 2.37. The molecule has 2 aliphatic rings. The number of aliphatic imine (C=N–C) groups is 1. The van der Waals surface area contributed by atoms with Crippen molar-refractivity contribution < 1.29 is 0 Å². The summed E-state index contributed by atoms with van der Waals surface area (Å²) in [5.74, 6) is 1.89. The van der Waals surface area contributed by atoms with Crippen molar-refractivity contribution in [2.24, 2.45) is 22.6 Å². The predicted molar refractivity (Wildman–Crippen MR) is 82.2 cm³/mol. The van der Waals surface area contributed by atoms with Crippen molar-refractivity contribution in [3.05, 3.63) is 36.6 Å². The van der Waals surface area contributed by atoms with Crippen molar-refractivity contribution in [2.45, 2.75) is 19.3 Å². The SMILES string of the molecule is C=C/C=C(/N)C=NCC(=C)CN1CC2CCCC2C1. The van der Waals surface area contributed by atoms with Crippen molar-refractivity contribution in [2.75, 3.05) is 26.2 Å². The van der Waals surface area contributed by atoms with Crippen LogP contribution in [0.1, 0.15) is 19.3 Å². The zero-order valence-corrected chi connectivity index (χ0v) is 11.7. The van der Waals surface area contributed by atoms with Gasteiger partial charge in [-0.3, -0.25) is 9.89 Å². The van der Waals surface area contributed by atoms with Crippen molar-refractivity contribution in [1.82, 2.24) is 4.90 Å². The normalized spacial score (nSPS) is 27.9. The Bertz CT molecular complexity index is 383. The largest absolute Gasteiger partial charge is 0.397 e. The maximum atomic E-state index is 5.70. The van der Waals surface area contributed by atoms with E-state index in [4.69, 9.17) is 5.73 Å². The van der Waals surface area contributed by atoms with E-state index in [1.54, 1.807) is 18.4 Å². The molecular weight excluding hydrogens is 234 g/mol. The van der Waals surface area contributed by atoms with Crippen molar-refractivity contribution in [3.63, 3.8) is 0 Å². The fraction of sp³-hybridized carbons (Fsp3) is 0.562. The van der Waals surface area contributed by atoms with E-state index in [1.807, 2.05) is 0 Å². The molecular formula is C16H25N3. The Morgan fingerprint density at radius 1 is 1.32 bits per heavy atom. The van der Waals surface area contributed by atoms with E-state index < -0.39 is 0 Å². The Balaban J connectivity index is 1.70. The summed E-state index contributed by atoms with van der Waals surface area (Å²) in [7, 11) is 0. The topological polar surface area (TPSA) is 41.6 Å². The Morgan fingerprint density at radius 2 is 2.00 bits per heavy atom. The molecule has 0 spiro atoms. The van der Waals surface area contributed by atoms with Gasteiger partial charge < -0.3 is 5.73 Å². The Morgan fingerprint density at radius 3 is 2.63 bits per heavy atom.